The molecule has 1 aliphatic rings. The summed E-state index contributed by atoms with van der Waals surface area (Å²) >= 11 is 3.35. The molecule has 1 atom stereocenters. The number of halogens is 1. The lowest BCUT2D eigenvalue weighted by molar-refractivity contribution is -0.122. The number of benzene rings is 2. The molecule has 0 radical (unpaired) electrons. The zero-order chi connectivity index (χ0) is 21.0. The standard InChI is InChI=1S/C20H23BrN2O5S/c1-14-3-8-18(29(25,26)23-9-11-27-12-10-23)13-19(14)22-20(24)15(2)28-17-6-4-16(21)5-7-17/h3-8,13,15H,9-12H2,1-2H3,(H,22,24). The van der Waals surface area contributed by atoms with Gasteiger partial charge in [-0.3, -0.25) is 4.79 Å². The molecule has 1 heterocycles. The largest absolute Gasteiger partial charge is 0.481 e. The number of carbonyl (C=O) groups excluding carboxylic acids is 1. The van der Waals surface area contributed by atoms with Crippen LogP contribution in [0, 0.1) is 6.92 Å². The van der Waals surface area contributed by atoms with E-state index in [2.05, 4.69) is 21.2 Å². The van der Waals surface area contributed by atoms with E-state index in [1.54, 1.807) is 38.1 Å². The van der Waals surface area contributed by atoms with Crippen molar-refractivity contribution in [3.63, 3.8) is 0 Å². The van der Waals surface area contributed by atoms with Gasteiger partial charge in [0, 0.05) is 23.2 Å². The van der Waals surface area contributed by atoms with Gasteiger partial charge >= 0.3 is 0 Å². The van der Waals surface area contributed by atoms with E-state index in [1.165, 1.54) is 10.4 Å². The molecule has 3 rings (SSSR count). The highest BCUT2D eigenvalue weighted by molar-refractivity contribution is 9.10. The van der Waals surface area contributed by atoms with Crippen molar-refractivity contribution in [2.24, 2.45) is 0 Å². The number of anilines is 1. The molecule has 1 unspecified atom stereocenters. The van der Waals surface area contributed by atoms with E-state index in [0.29, 0.717) is 37.7 Å². The third kappa shape index (κ3) is 5.36. The molecule has 1 saturated heterocycles. The van der Waals surface area contributed by atoms with Gasteiger partial charge in [-0.1, -0.05) is 22.0 Å². The molecule has 2 aromatic rings. The number of morpholine rings is 1. The van der Waals surface area contributed by atoms with E-state index in [4.69, 9.17) is 9.47 Å². The summed E-state index contributed by atoms with van der Waals surface area (Å²) in [4.78, 5) is 12.7. The highest BCUT2D eigenvalue weighted by atomic mass is 79.9. The van der Waals surface area contributed by atoms with E-state index in [0.717, 1.165) is 10.0 Å². The first-order valence-corrected chi connectivity index (χ1v) is 11.4. The van der Waals surface area contributed by atoms with Gasteiger partial charge in [-0.25, -0.2) is 8.42 Å². The number of amides is 1. The number of nitrogens with one attached hydrogen (secondary N) is 1. The van der Waals surface area contributed by atoms with Crippen LogP contribution in [0.25, 0.3) is 0 Å². The van der Waals surface area contributed by atoms with Crippen LogP contribution in [-0.4, -0.2) is 51.0 Å². The summed E-state index contributed by atoms with van der Waals surface area (Å²) in [7, 11) is -3.64. The van der Waals surface area contributed by atoms with Gasteiger partial charge < -0.3 is 14.8 Å². The van der Waals surface area contributed by atoms with Crippen LogP contribution in [0.3, 0.4) is 0 Å². The van der Waals surface area contributed by atoms with E-state index >= 15 is 0 Å². The molecular weight excluding hydrogens is 460 g/mol. The summed E-state index contributed by atoms with van der Waals surface area (Å²) in [6, 6.07) is 11.9. The van der Waals surface area contributed by atoms with Crippen LogP contribution < -0.4 is 10.1 Å². The maximum Gasteiger partial charge on any atom is 0.265 e. The Labute approximate surface area is 179 Å². The molecule has 0 spiro atoms. The van der Waals surface area contributed by atoms with Gasteiger partial charge in [-0.15, -0.1) is 0 Å². The number of carbonyl (C=O) groups is 1. The molecule has 0 aliphatic carbocycles. The monoisotopic (exact) mass is 482 g/mol. The molecule has 7 nitrogen and oxygen atoms in total. The van der Waals surface area contributed by atoms with E-state index in [1.807, 2.05) is 12.1 Å². The zero-order valence-corrected chi connectivity index (χ0v) is 18.6. The second kappa shape index (κ2) is 9.25. The first-order chi connectivity index (χ1) is 13.8. The van der Waals surface area contributed by atoms with Crippen molar-refractivity contribution < 1.29 is 22.7 Å². The van der Waals surface area contributed by atoms with Crippen molar-refractivity contribution in [2.45, 2.75) is 24.8 Å². The van der Waals surface area contributed by atoms with Crippen LogP contribution in [-0.2, 0) is 19.6 Å². The van der Waals surface area contributed by atoms with Gasteiger partial charge in [0.2, 0.25) is 10.0 Å². The van der Waals surface area contributed by atoms with Crippen LogP contribution in [0.2, 0.25) is 0 Å². The number of aryl methyl sites for hydroxylation is 1. The van der Waals surface area contributed by atoms with E-state index in [9.17, 15) is 13.2 Å². The molecule has 9 heteroatoms. The van der Waals surface area contributed by atoms with Crippen molar-refractivity contribution >= 4 is 37.5 Å². The minimum absolute atomic E-state index is 0.141. The van der Waals surface area contributed by atoms with Gasteiger partial charge in [-0.2, -0.15) is 4.31 Å². The highest BCUT2D eigenvalue weighted by Crippen LogP contribution is 2.24. The van der Waals surface area contributed by atoms with Crippen LogP contribution in [0.1, 0.15) is 12.5 Å². The average Bonchev–Trinajstić information content (AvgIpc) is 2.71. The first-order valence-electron chi connectivity index (χ1n) is 9.19. The Hall–Kier alpha value is -1.94. The summed E-state index contributed by atoms with van der Waals surface area (Å²) in [5, 5.41) is 2.78. The summed E-state index contributed by atoms with van der Waals surface area (Å²) in [6.07, 6.45) is -0.755. The molecule has 0 aromatic heterocycles. The molecule has 29 heavy (non-hydrogen) atoms. The van der Waals surface area contributed by atoms with Crippen molar-refractivity contribution in [3.8, 4) is 5.75 Å². The molecule has 1 amide bonds. The van der Waals surface area contributed by atoms with Gasteiger partial charge in [0.1, 0.15) is 5.75 Å². The fourth-order valence-electron chi connectivity index (χ4n) is 2.84. The Morgan fingerprint density at radius 2 is 1.83 bits per heavy atom. The first kappa shape index (κ1) is 21.8. The zero-order valence-electron chi connectivity index (χ0n) is 16.2. The topological polar surface area (TPSA) is 84.9 Å². The molecule has 0 bridgehead atoms. The smallest absolute Gasteiger partial charge is 0.265 e. The fraction of sp³-hybridized carbons (Fsp3) is 0.350. The maximum atomic E-state index is 12.9. The number of sulfonamides is 1. The molecule has 1 N–H and O–H groups in total. The number of nitrogens with zero attached hydrogens (tertiary/aromatic N) is 1. The van der Waals surface area contributed by atoms with E-state index in [-0.39, 0.29) is 10.8 Å². The highest BCUT2D eigenvalue weighted by Gasteiger charge is 2.27. The van der Waals surface area contributed by atoms with Crippen LogP contribution >= 0.6 is 15.9 Å². The summed E-state index contributed by atoms with van der Waals surface area (Å²) < 4.78 is 38.9. The van der Waals surface area contributed by atoms with Crippen molar-refractivity contribution in [1.82, 2.24) is 4.31 Å². The number of hydrogen-bond acceptors (Lipinski definition) is 5. The van der Waals surface area contributed by atoms with Crippen LogP contribution in [0.4, 0.5) is 5.69 Å². The Morgan fingerprint density at radius 3 is 2.48 bits per heavy atom. The van der Waals surface area contributed by atoms with Crippen LogP contribution in [0.5, 0.6) is 5.75 Å². The molecular formula is C20H23BrN2O5S. The molecule has 0 saturated carbocycles. The molecule has 1 aliphatic heterocycles. The Kier molecular flexibility index (Phi) is 6.94. The normalized spacial score (nSPS) is 16.2. The SMILES string of the molecule is Cc1ccc(S(=O)(=O)N2CCOCC2)cc1NC(=O)C(C)Oc1ccc(Br)cc1. The van der Waals surface area contributed by atoms with Crippen molar-refractivity contribution in [1.29, 1.82) is 0 Å². The van der Waals surface area contributed by atoms with Gasteiger partial charge in [0.15, 0.2) is 6.10 Å². The van der Waals surface area contributed by atoms with E-state index < -0.39 is 16.1 Å². The lowest BCUT2D eigenvalue weighted by Gasteiger charge is -2.26. The maximum absolute atomic E-state index is 12.9. The lowest BCUT2D eigenvalue weighted by atomic mass is 10.2. The predicted octanol–water partition coefficient (Wildman–Crippen LogP) is 3.18. The minimum Gasteiger partial charge on any atom is -0.481 e. The third-order valence-corrected chi connectivity index (χ3v) is 6.99. The summed E-state index contributed by atoms with van der Waals surface area (Å²) in [6.45, 7) is 4.83. The molecule has 156 valence electrons. The van der Waals surface area contributed by atoms with Crippen molar-refractivity contribution in [3.05, 3.63) is 52.5 Å². The molecule has 2 aromatic carbocycles. The van der Waals surface area contributed by atoms with Crippen molar-refractivity contribution in [2.75, 3.05) is 31.6 Å². The Balaban J connectivity index is 1.73. The quantitative estimate of drug-likeness (QED) is 0.683. The lowest BCUT2D eigenvalue weighted by Crippen LogP contribution is -2.40. The van der Waals surface area contributed by atoms with Gasteiger partial charge in [-0.05, 0) is 55.8 Å². The predicted molar refractivity (Wildman–Crippen MR) is 114 cm³/mol. The average molecular weight is 483 g/mol. The summed E-state index contributed by atoms with van der Waals surface area (Å²) in [5.74, 6) is 0.202. The summed E-state index contributed by atoms with van der Waals surface area (Å²) in [5.41, 5.74) is 1.20. The number of rotatable bonds is 6. The second-order valence-electron chi connectivity index (χ2n) is 6.70. The van der Waals surface area contributed by atoms with Gasteiger partial charge in [0.05, 0.1) is 18.1 Å². The minimum atomic E-state index is -3.64. The third-order valence-electron chi connectivity index (χ3n) is 4.57. The second-order valence-corrected chi connectivity index (χ2v) is 9.55. The Bertz CT molecular complexity index is 973. The number of hydrogen-bond donors (Lipinski definition) is 1. The van der Waals surface area contributed by atoms with Crippen LogP contribution in [0.15, 0.2) is 51.8 Å². The fourth-order valence-corrected chi connectivity index (χ4v) is 4.54. The Morgan fingerprint density at radius 1 is 1.17 bits per heavy atom. The molecule has 1 fully saturated rings. The van der Waals surface area contributed by atoms with Gasteiger partial charge in [0.25, 0.3) is 5.91 Å². The number of ether oxygens (including phenoxy) is 2.